The molecule has 2 heterocycles. The van der Waals surface area contributed by atoms with Gasteiger partial charge in [-0.2, -0.15) is 0 Å². The molecule has 0 unspecified atom stereocenters. The fourth-order valence-electron chi connectivity index (χ4n) is 1.32. The molecule has 0 fully saturated rings. The van der Waals surface area contributed by atoms with Gasteiger partial charge in [0, 0.05) is 18.9 Å². The van der Waals surface area contributed by atoms with Gasteiger partial charge in [0.25, 0.3) is 5.91 Å². The first-order valence-corrected chi connectivity index (χ1v) is 5.08. The number of nitro groups is 1. The SMILES string of the molecule is O=C(NCc1cccnc1)c1ccc([N+](=O)[O-])o1. The third kappa shape index (κ3) is 2.70. The van der Waals surface area contributed by atoms with Gasteiger partial charge in [-0.15, -0.1) is 0 Å². The number of amides is 1. The van der Waals surface area contributed by atoms with E-state index in [0.29, 0.717) is 0 Å². The summed E-state index contributed by atoms with van der Waals surface area (Å²) in [6.45, 7) is 0.279. The van der Waals surface area contributed by atoms with E-state index in [-0.39, 0.29) is 12.3 Å². The van der Waals surface area contributed by atoms with Crippen molar-refractivity contribution in [2.75, 3.05) is 0 Å². The van der Waals surface area contributed by atoms with Crippen molar-refractivity contribution in [1.29, 1.82) is 0 Å². The zero-order valence-electron chi connectivity index (χ0n) is 9.20. The first-order valence-electron chi connectivity index (χ1n) is 5.08. The van der Waals surface area contributed by atoms with Crippen molar-refractivity contribution in [2.45, 2.75) is 6.54 Å². The van der Waals surface area contributed by atoms with Crippen molar-refractivity contribution in [2.24, 2.45) is 0 Å². The maximum atomic E-state index is 11.6. The molecule has 7 nitrogen and oxygen atoms in total. The van der Waals surface area contributed by atoms with E-state index in [2.05, 4.69) is 10.3 Å². The third-order valence-corrected chi connectivity index (χ3v) is 2.17. The first-order chi connectivity index (χ1) is 8.66. The van der Waals surface area contributed by atoms with Crippen LogP contribution in [0.1, 0.15) is 16.1 Å². The van der Waals surface area contributed by atoms with Crippen LogP contribution in [0.5, 0.6) is 0 Å². The molecule has 0 saturated heterocycles. The largest absolute Gasteiger partial charge is 0.433 e. The lowest BCUT2D eigenvalue weighted by Crippen LogP contribution is -2.22. The quantitative estimate of drug-likeness (QED) is 0.652. The maximum Gasteiger partial charge on any atom is 0.433 e. The summed E-state index contributed by atoms with van der Waals surface area (Å²) in [5.74, 6) is -1.06. The summed E-state index contributed by atoms with van der Waals surface area (Å²) >= 11 is 0. The number of pyridine rings is 1. The van der Waals surface area contributed by atoms with Crippen molar-refractivity contribution >= 4 is 11.8 Å². The van der Waals surface area contributed by atoms with Gasteiger partial charge in [0.2, 0.25) is 0 Å². The minimum Gasteiger partial charge on any atom is -0.395 e. The average Bonchev–Trinajstić information content (AvgIpc) is 2.87. The van der Waals surface area contributed by atoms with Crippen LogP contribution in [0.4, 0.5) is 5.88 Å². The molecule has 2 aromatic heterocycles. The molecule has 7 heteroatoms. The summed E-state index contributed by atoms with van der Waals surface area (Å²) in [6.07, 6.45) is 3.24. The molecule has 2 aromatic rings. The van der Waals surface area contributed by atoms with Gasteiger partial charge >= 0.3 is 5.88 Å². The van der Waals surface area contributed by atoms with Gasteiger partial charge in [0.05, 0.1) is 6.07 Å². The Labute approximate surface area is 102 Å². The van der Waals surface area contributed by atoms with Crippen LogP contribution in [-0.4, -0.2) is 15.8 Å². The number of hydrogen-bond donors (Lipinski definition) is 1. The Morgan fingerprint density at radius 2 is 2.28 bits per heavy atom. The first kappa shape index (κ1) is 11.8. The van der Waals surface area contributed by atoms with E-state index in [4.69, 9.17) is 4.42 Å². The zero-order chi connectivity index (χ0) is 13.0. The fraction of sp³-hybridized carbons (Fsp3) is 0.0909. The lowest BCUT2D eigenvalue weighted by Gasteiger charge is -2.01. The molecule has 1 N–H and O–H groups in total. The van der Waals surface area contributed by atoms with E-state index in [1.165, 1.54) is 6.07 Å². The summed E-state index contributed by atoms with van der Waals surface area (Å²) in [6, 6.07) is 5.95. The fourth-order valence-corrected chi connectivity index (χ4v) is 1.32. The second-order valence-corrected chi connectivity index (χ2v) is 3.44. The molecule has 92 valence electrons. The van der Waals surface area contributed by atoms with Crippen molar-refractivity contribution in [1.82, 2.24) is 10.3 Å². The number of hydrogen-bond acceptors (Lipinski definition) is 5. The number of furan rings is 1. The lowest BCUT2D eigenvalue weighted by atomic mass is 10.3. The number of carbonyl (C=O) groups excluding carboxylic acids is 1. The van der Waals surface area contributed by atoms with E-state index in [1.807, 2.05) is 0 Å². The summed E-state index contributed by atoms with van der Waals surface area (Å²) < 4.78 is 4.77. The van der Waals surface area contributed by atoms with Crippen LogP contribution in [0.15, 0.2) is 41.1 Å². The predicted molar refractivity (Wildman–Crippen MR) is 60.8 cm³/mol. The third-order valence-electron chi connectivity index (χ3n) is 2.17. The Bertz CT molecular complexity index is 565. The molecular formula is C11H9N3O4. The van der Waals surface area contributed by atoms with E-state index < -0.39 is 16.7 Å². The Morgan fingerprint density at radius 3 is 2.89 bits per heavy atom. The molecule has 18 heavy (non-hydrogen) atoms. The van der Waals surface area contributed by atoms with Crippen molar-refractivity contribution in [3.63, 3.8) is 0 Å². The molecule has 0 atom stereocenters. The zero-order valence-corrected chi connectivity index (χ0v) is 9.20. The van der Waals surface area contributed by atoms with Gasteiger partial charge in [-0.1, -0.05) is 6.07 Å². The minimum absolute atomic E-state index is 0.0920. The molecule has 2 rings (SSSR count). The molecule has 0 radical (unpaired) electrons. The lowest BCUT2D eigenvalue weighted by molar-refractivity contribution is -0.402. The topological polar surface area (TPSA) is 98.3 Å². The van der Waals surface area contributed by atoms with Gasteiger partial charge in [-0.3, -0.25) is 19.9 Å². The number of carbonyl (C=O) groups is 1. The van der Waals surface area contributed by atoms with Gasteiger partial charge < -0.3 is 9.73 Å². The van der Waals surface area contributed by atoms with Crippen LogP contribution < -0.4 is 5.32 Å². The average molecular weight is 247 g/mol. The van der Waals surface area contributed by atoms with E-state index in [0.717, 1.165) is 11.6 Å². The van der Waals surface area contributed by atoms with Crippen LogP contribution in [0.3, 0.4) is 0 Å². The molecule has 0 aliphatic carbocycles. The van der Waals surface area contributed by atoms with E-state index >= 15 is 0 Å². The maximum absolute atomic E-state index is 11.6. The smallest absolute Gasteiger partial charge is 0.395 e. The standard InChI is InChI=1S/C11H9N3O4/c15-11(9-3-4-10(18-9)14(16)17)13-7-8-2-1-5-12-6-8/h1-6H,7H2,(H,13,15). The molecule has 0 aliphatic rings. The highest BCUT2D eigenvalue weighted by Crippen LogP contribution is 2.15. The van der Waals surface area contributed by atoms with Crippen LogP contribution in [-0.2, 0) is 6.54 Å². The predicted octanol–water partition coefficient (Wildman–Crippen LogP) is 1.51. The summed E-state index contributed by atoms with van der Waals surface area (Å²) in [5, 5.41) is 13.0. The Balaban J connectivity index is 1.97. The highest BCUT2D eigenvalue weighted by atomic mass is 16.6. The van der Waals surface area contributed by atoms with Crippen LogP contribution in [0.2, 0.25) is 0 Å². The van der Waals surface area contributed by atoms with Crippen molar-refractivity contribution in [3.05, 3.63) is 58.1 Å². The van der Waals surface area contributed by atoms with Crippen molar-refractivity contribution < 1.29 is 14.1 Å². The van der Waals surface area contributed by atoms with Crippen LogP contribution in [0, 0.1) is 10.1 Å². The molecule has 0 aromatic carbocycles. The Hall–Kier alpha value is -2.70. The normalized spacial score (nSPS) is 10.0. The second-order valence-electron chi connectivity index (χ2n) is 3.44. The van der Waals surface area contributed by atoms with Crippen molar-refractivity contribution in [3.8, 4) is 0 Å². The number of nitrogens with one attached hydrogen (secondary N) is 1. The van der Waals surface area contributed by atoms with Gasteiger partial charge in [-0.05, 0) is 17.7 Å². The van der Waals surface area contributed by atoms with E-state index in [9.17, 15) is 14.9 Å². The van der Waals surface area contributed by atoms with Gasteiger partial charge in [0.15, 0.2) is 5.76 Å². The molecular weight excluding hydrogens is 238 g/mol. The summed E-state index contributed by atoms with van der Waals surface area (Å²) in [7, 11) is 0. The van der Waals surface area contributed by atoms with Gasteiger partial charge in [0.1, 0.15) is 4.92 Å². The van der Waals surface area contributed by atoms with Crippen LogP contribution >= 0.6 is 0 Å². The number of nitrogens with zero attached hydrogens (tertiary/aromatic N) is 2. The molecule has 0 spiro atoms. The summed E-state index contributed by atoms with van der Waals surface area (Å²) in [4.78, 5) is 25.2. The summed E-state index contributed by atoms with van der Waals surface area (Å²) in [5.41, 5.74) is 0.826. The molecule has 0 aliphatic heterocycles. The minimum atomic E-state index is -0.697. The second kappa shape index (κ2) is 5.09. The number of rotatable bonds is 4. The Kier molecular flexibility index (Phi) is 3.33. The molecule has 0 saturated carbocycles. The van der Waals surface area contributed by atoms with Gasteiger partial charge in [-0.25, -0.2) is 0 Å². The molecule has 0 bridgehead atoms. The van der Waals surface area contributed by atoms with Crippen LogP contribution in [0.25, 0.3) is 0 Å². The van der Waals surface area contributed by atoms with E-state index in [1.54, 1.807) is 24.5 Å². The number of aromatic nitrogens is 1. The molecule has 1 amide bonds. The highest BCUT2D eigenvalue weighted by molar-refractivity contribution is 5.91. The Morgan fingerprint density at radius 1 is 1.44 bits per heavy atom. The highest BCUT2D eigenvalue weighted by Gasteiger charge is 2.16. The monoisotopic (exact) mass is 247 g/mol.